The number of rotatable bonds is 6. The molecule has 9 nitrogen and oxygen atoms in total. The summed E-state index contributed by atoms with van der Waals surface area (Å²) in [7, 11) is 0. The monoisotopic (exact) mass is 394 g/mol. The van der Waals surface area contributed by atoms with Crippen molar-refractivity contribution in [3.8, 4) is 6.07 Å². The van der Waals surface area contributed by atoms with Crippen LogP contribution >= 0.6 is 0 Å². The quantitative estimate of drug-likeness (QED) is 0.684. The number of aliphatic imine (C=N–C) groups is 2. The summed E-state index contributed by atoms with van der Waals surface area (Å²) >= 11 is 0. The minimum Gasteiger partial charge on any atom is -0.404 e. The van der Waals surface area contributed by atoms with Crippen LogP contribution in [0.1, 0.15) is 17.7 Å². The van der Waals surface area contributed by atoms with E-state index in [0.29, 0.717) is 36.8 Å². The van der Waals surface area contributed by atoms with E-state index in [4.69, 9.17) is 16.2 Å². The number of ether oxygens (including phenoxy) is 1. The highest BCUT2D eigenvalue weighted by Gasteiger charge is 2.23. The van der Waals surface area contributed by atoms with Crippen LogP contribution in [0.5, 0.6) is 0 Å². The van der Waals surface area contributed by atoms with Crippen LogP contribution in [0.15, 0.2) is 34.3 Å². The maximum atomic E-state index is 9.32. The van der Waals surface area contributed by atoms with E-state index in [2.05, 4.69) is 37.0 Å². The number of nitrogens with two attached hydrogens (primary N) is 2. The summed E-state index contributed by atoms with van der Waals surface area (Å²) in [5, 5.41) is 9.32. The predicted molar refractivity (Wildman–Crippen MR) is 113 cm³/mol. The van der Waals surface area contributed by atoms with Gasteiger partial charge in [0.15, 0.2) is 0 Å². The van der Waals surface area contributed by atoms with Crippen LogP contribution in [0, 0.1) is 24.2 Å². The molecule has 3 rings (SSSR count). The molecule has 0 spiro atoms. The number of nitrogen functional groups attached to an aromatic ring is 1. The Balaban J connectivity index is 1.80. The summed E-state index contributed by atoms with van der Waals surface area (Å²) in [6, 6.07) is 2.00. The van der Waals surface area contributed by atoms with Crippen molar-refractivity contribution in [2.45, 2.75) is 19.4 Å². The number of morpholine rings is 1. The maximum absolute atomic E-state index is 9.32. The largest absolute Gasteiger partial charge is 0.404 e. The van der Waals surface area contributed by atoms with Crippen LogP contribution in [-0.4, -0.2) is 66.2 Å². The Morgan fingerprint density at radius 3 is 2.97 bits per heavy atom. The van der Waals surface area contributed by atoms with E-state index in [9.17, 15) is 5.26 Å². The molecule has 9 heteroatoms. The standard InChI is InChI=1S/C20H26N8O/c1-14-19(26-13-27-20(14)23)16(9-22)11-25-18(2-3-21)15-8-17(12-24-10-15)28-4-6-29-7-5-28/h8-9,11-13,15,18H,2,4-7,10,22H2,1H3,(H2,23,26,27). The predicted octanol–water partition coefficient (Wildman–Crippen LogP) is 0.937. The van der Waals surface area contributed by atoms with Gasteiger partial charge in [-0.1, -0.05) is 6.08 Å². The van der Waals surface area contributed by atoms with Crippen LogP contribution in [0.3, 0.4) is 0 Å². The van der Waals surface area contributed by atoms with E-state index in [1.54, 1.807) is 6.21 Å². The van der Waals surface area contributed by atoms with E-state index < -0.39 is 0 Å². The highest BCUT2D eigenvalue weighted by Crippen LogP contribution is 2.22. The summed E-state index contributed by atoms with van der Waals surface area (Å²) in [6.07, 6.45) is 8.85. The molecule has 0 bridgehead atoms. The van der Waals surface area contributed by atoms with E-state index in [-0.39, 0.29) is 18.4 Å². The molecule has 0 amide bonds. The molecule has 2 atom stereocenters. The fourth-order valence-electron chi connectivity index (χ4n) is 3.35. The molecule has 2 aliphatic heterocycles. The van der Waals surface area contributed by atoms with E-state index >= 15 is 0 Å². The van der Waals surface area contributed by atoms with Gasteiger partial charge in [0.2, 0.25) is 0 Å². The van der Waals surface area contributed by atoms with Crippen molar-refractivity contribution in [2.75, 3.05) is 38.6 Å². The Kier molecular flexibility index (Phi) is 6.92. The van der Waals surface area contributed by atoms with Crippen LogP contribution < -0.4 is 11.5 Å². The van der Waals surface area contributed by atoms with Gasteiger partial charge in [0, 0.05) is 55.3 Å². The molecule has 0 aromatic carbocycles. The van der Waals surface area contributed by atoms with Crippen molar-refractivity contribution in [3.05, 3.63) is 35.6 Å². The lowest BCUT2D eigenvalue weighted by atomic mass is 9.94. The number of aromatic nitrogens is 2. The number of hydrogen-bond acceptors (Lipinski definition) is 9. The molecule has 1 fully saturated rings. The third kappa shape index (κ3) is 4.97. The van der Waals surface area contributed by atoms with Gasteiger partial charge in [-0.2, -0.15) is 5.26 Å². The fourth-order valence-corrected chi connectivity index (χ4v) is 3.35. The van der Waals surface area contributed by atoms with Gasteiger partial charge in [-0.05, 0) is 6.92 Å². The topological polar surface area (TPSA) is 139 Å². The Hall–Kier alpha value is -3.25. The first-order chi connectivity index (χ1) is 14.1. The van der Waals surface area contributed by atoms with Crippen LogP contribution in [0.2, 0.25) is 0 Å². The molecule has 29 heavy (non-hydrogen) atoms. The molecule has 2 unspecified atom stereocenters. The molecule has 0 radical (unpaired) electrons. The Bertz CT molecular complexity index is 877. The maximum Gasteiger partial charge on any atom is 0.130 e. The molecule has 152 valence electrons. The molecule has 0 aliphatic carbocycles. The van der Waals surface area contributed by atoms with E-state index in [0.717, 1.165) is 24.4 Å². The van der Waals surface area contributed by atoms with E-state index in [1.165, 1.54) is 12.5 Å². The number of hydrogen-bond donors (Lipinski definition) is 2. The van der Waals surface area contributed by atoms with Crippen molar-refractivity contribution >= 4 is 23.8 Å². The fraction of sp³-hybridized carbons (Fsp3) is 0.450. The summed E-state index contributed by atoms with van der Waals surface area (Å²) in [6.45, 7) is 5.53. The normalized spacial score (nSPS) is 21.1. The zero-order valence-corrected chi connectivity index (χ0v) is 16.5. The lowest BCUT2D eigenvalue weighted by molar-refractivity contribution is 0.0562. The van der Waals surface area contributed by atoms with Gasteiger partial charge in [0.1, 0.15) is 12.1 Å². The lowest BCUT2D eigenvalue weighted by Crippen LogP contribution is -2.37. The Labute approximate surface area is 170 Å². The average Bonchev–Trinajstić information content (AvgIpc) is 2.76. The van der Waals surface area contributed by atoms with Crippen molar-refractivity contribution < 1.29 is 4.74 Å². The number of allylic oxidation sites excluding steroid dienone is 2. The first-order valence-corrected chi connectivity index (χ1v) is 9.57. The van der Waals surface area contributed by atoms with Crippen LogP contribution in [0.4, 0.5) is 5.82 Å². The molecule has 0 saturated carbocycles. The highest BCUT2D eigenvalue weighted by molar-refractivity contribution is 6.09. The second-order valence-corrected chi connectivity index (χ2v) is 6.91. The zero-order valence-electron chi connectivity index (χ0n) is 16.5. The molecular formula is C20H26N8O. The first-order valence-electron chi connectivity index (χ1n) is 9.57. The Morgan fingerprint density at radius 2 is 2.24 bits per heavy atom. The number of anilines is 1. The number of nitrogens with zero attached hydrogens (tertiary/aromatic N) is 6. The number of dihydropyridines is 1. The second kappa shape index (κ2) is 9.80. The molecule has 1 aromatic heterocycles. The van der Waals surface area contributed by atoms with E-state index in [1.807, 2.05) is 13.1 Å². The number of nitriles is 1. The lowest BCUT2D eigenvalue weighted by Gasteiger charge is -2.32. The molecular weight excluding hydrogens is 368 g/mol. The first kappa shape index (κ1) is 20.5. The molecule has 3 heterocycles. The van der Waals surface area contributed by atoms with Gasteiger partial charge in [0.25, 0.3) is 0 Å². The summed E-state index contributed by atoms with van der Waals surface area (Å²) < 4.78 is 5.42. The van der Waals surface area contributed by atoms with Gasteiger partial charge >= 0.3 is 0 Å². The molecule has 1 aromatic rings. The minimum absolute atomic E-state index is 0.0318. The van der Waals surface area contributed by atoms with Crippen LogP contribution in [-0.2, 0) is 4.74 Å². The van der Waals surface area contributed by atoms with Crippen molar-refractivity contribution in [3.63, 3.8) is 0 Å². The SMILES string of the molecule is Cc1c(N)ncnc1C(C=NC(CC#N)C1C=C(N2CCOCC2)C=NC1)=CN. The van der Waals surface area contributed by atoms with Crippen molar-refractivity contribution in [1.29, 1.82) is 5.26 Å². The molecule has 4 N–H and O–H groups in total. The van der Waals surface area contributed by atoms with Gasteiger partial charge in [0.05, 0.1) is 43.1 Å². The van der Waals surface area contributed by atoms with Gasteiger partial charge in [-0.15, -0.1) is 0 Å². The van der Waals surface area contributed by atoms with Crippen LogP contribution in [0.25, 0.3) is 5.57 Å². The molecule has 2 aliphatic rings. The minimum atomic E-state index is -0.233. The van der Waals surface area contributed by atoms with Crippen molar-refractivity contribution in [1.82, 2.24) is 14.9 Å². The second-order valence-electron chi connectivity index (χ2n) is 6.91. The summed E-state index contributed by atoms with van der Waals surface area (Å²) in [5.74, 6) is 0.431. The average molecular weight is 394 g/mol. The third-order valence-corrected chi connectivity index (χ3v) is 5.08. The molecule has 1 saturated heterocycles. The van der Waals surface area contributed by atoms with Crippen molar-refractivity contribution in [2.24, 2.45) is 21.6 Å². The smallest absolute Gasteiger partial charge is 0.130 e. The summed E-state index contributed by atoms with van der Waals surface area (Å²) in [4.78, 5) is 19.7. The summed E-state index contributed by atoms with van der Waals surface area (Å²) in [5.41, 5.74) is 14.8. The van der Waals surface area contributed by atoms with Gasteiger partial charge < -0.3 is 21.1 Å². The van der Waals surface area contributed by atoms with Gasteiger partial charge in [-0.25, -0.2) is 9.97 Å². The van der Waals surface area contributed by atoms with Gasteiger partial charge in [-0.3, -0.25) is 9.98 Å². The third-order valence-electron chi connectivity index (χ3n) is 5.08. The Morgan fingerprint density at radius 1 is 1.45 bits per heavy atom. The zero-order chi connectivity index (χ0) is 20.6. The highest BCUT2D eigenvalue weighted by atomic mass is 16.5.